The molecule has 0 saturated heterocycles. The summed E-state index contributed by atoms with van der Waals surface area (Å²) in [6.45, 7) is 0. The number of hydrogen-bond donors (Lipinski definition) is 2. The Morgan fingerprint density at radius 2 is 1.66 bits per heavy atom. The molecule has 4 rings (SSSR count). The maximum absolute atomic E-state index is 13.4. The van der Waals surface area contributed by atoms with E-state index in [-0.39, 0.29) is 17.6 Å². The topological polar surface area (TPSA) is 69.6 Å². The van der Waals surface area contributed by atoms with Gasteiger partial charge in [-0.2, -0.15) is 0 Å². The highest BCUT2D eigenvalue weighted by Crippen LogP contribution is 2.33. The number of nitrogens with one attached hydrogen (secondary N) is 1. The maximum atomic E-state index is 13.4. The molecule has 0 spiro atoms. The van der Waals surface area contributed by atoms with E-state index in [0.29, 0.717) is 29.1 Å². The lowest BCUT2D eigenvalue weighted by atomic mass is 9.94. The molecule has 1 aliphatic heterocycles. The van der Waals surface area contributed by atoms with Gasteiger partial charge in [0.15, 0.2) is 0 Å². The molecular weight excluding hydrogens is 388 g/mol. The summed E-state index contributed by atoms with van der Waals surface area (Å²) in [5.41, 5.74) is 2.50. The number of benzene rings is 3. The first-order valence-electron chi connectivity index (χ1n) is 9.30. The molecule has 6 heteroatoms. The summed E-state index contributed by atoms with van der Waals surface area (Å²) in [7, 11) is 0. The van der Waals surface area contributed by atoms with Crippen LogP contribution < -0.4 is 10.2 Å². The summed E-state index contributed by atoms with van der Waals surface area (Å²) in [6, 6.07) is 20.0. The van der Waals surface area contributed by atoms with Crippen molar-refractivity contribution >= 4 is 34.8 Å². The van der Waals surface area contributed by atoms with Gasteiger partial charge in [-0.3, -0.25) is 14.5 Å². The van der Waals surface area contributed by atoms with Crippen LogP contribution in [0.3, 0.4) is 0 Å². The molecule has 1 unspecified atom stereocenters. The third-order valence-electron chi connectivity index (χ3n) is 5.02. The van der Waals surface area contributed by atoms with Crippen molar-refractivity contribution in [1.29, 1.82) is 0 Å². The molecule has 3 aromatic rings. The average molecular weight is 407 g/mol. The minimum atomic E-state index is -0.701. The van der Waals surface area contributed by atoms with E-state index in [0.717, 1.165) is 11.3 Å². The van der Waals surface area contributed by atoms with Crippen LogP contribution in [0.15, 0.2) is 72.8 Å². The van der Waals surface area contributed by atoms with E-state index in [4.69, 9.17) is 11.6 Å². The fraction of sp³-hybridized carbons (Fsp3) is 0.130. The molecule has 0 fully saturated rings. The van der Waals surface area contributed by atoms with Crippen LogP contribution in [-0.2, 0) is 11.2 Å². The number of phenolic OH excluding ortho intramolecular Hbond substituents is 1. The Morgan fingerprint density at radius 1 is 0.966 bits per heavy atom. The molecule has 1 atom stereocenters. The van der Waals surface area contributed by atoms with Crippen molar-refractivity contribution < 1.29 is 14.7 Å². The van der Waals surface area contributed by atoms with Crippen LogP contribution in [0.2, 0.25) is 5.02 Å². The van der Waals surface area contributed by atoms with E-state index in [1.807, 2.05) is 24.3 Å². The number of rotatable bonds is 3. The Hall–Kier alpha value is -3.31. The number of aromatic hydroxyl groups is 1. The Morgan fingerprint density at radius 3 is 2.41 bits per heavy atom. The lowest BCUT2D eigenvalue weighted by Crippen LogP contribution is -2.50. The molecule has 3 aromatic carbocycles. The van der Waals surface area contributed by atoms with Gasteiger partial charge in [0.05, 0.1) is 5.69 Å². The third-order valence-corrected chi connectivity index (χ3v) is 5.28. The Labute approximate surface area is 173 Å². The van der Waals surface area contributed by atoms with Gasteiger partial charge in [0, 0.05) is 16.3 Å². The second-order valence-corrected chi connectivity index (χ2v) is 7.31. The number of phenols is 1. The lowest BCUT2D eigenvalue weighted by molar-refractivity contribution is -0.117. The molecule has 0 radical (unpaired) electrons. The summed E-state index contributed by atoms with van der Waals surface area (Å²) < 4.78 is 0. The zero-order valence-electron chi connectivity index (χ0n) is 15.5. The summed E-state index contributed by atoms with van der Waals surface area (Å²) >= 11 is 5.95. The minimum Gasteiger partial charge on any atom is -0.506 e. The third kappa shape index (κ3) is 3.82. The lowest BCUT2D eigenvalue weighted by Gasteiger charge is -2.36. The number of para-hydroxylation sites is 3. The van der Waals surface area contributed by atoms with Crippen LogP contribution in [0.5, 0.6) is 5.75 Å². The van der Waals surface area contributed by atoms with Gasteiger partial charge in [0.25, 0.3) is 5.91 Å². The second-order valence-electron chi connectivity index (χ2n) is 6.87. The number of fused-ring (bicyclic) bond motifs is 1. The van der Waals surface area contributed by atoms with E-state index in [1.165, 1.54) is 11.0 Å². The normalized spacial score (nSPS) is 15.5. The fourth-order valence-corrected chi connectivity index (χ4v) is 3.70. The zero-order valence-corrected chi connectivity index (χ0v) is 16.3. The number of anilines is 2. The summed E-state index contributed by atoms with van der Waals surface area (Å²) in [6.07, 6.45) is 1.16. The highest BCUT2D eigenvalue weighted by molar-refractivity contribution is 6.30. The van der Waals surface area contributed by atoms with E-state index in [1.54, 1.807) is 42.5 Å². The van der Waals surface area contributed by atoms with Crippen LogP contribution in [0, 0.1) is 0 Å². The van der Waals surface area contributed by atoms with Gasteiger partial charge in [0.1, 0.15) is 11.8 Å². The summed E-state index contributed by atoms with van der Waals surface area (Å²) in [5.74, 6) is -0.637. The molecule has 0 aliphatic carbocycles. The predicted molar refractivity (Wildman–Crippen MR) is 114 cm³/mol. The number of carbonyl (C=O) groups is 2. The Balaban J connectivity index is 1.70. The largest absolute Gasteiger partial charge is 0.506 e. The fourth-order valence-electron chi connectivity index (χ4n) is 3.57. The number of hydrogen-bond acceptors (Lipinski definition) is 3. The minimum absolute atomic E-state index is 0.0207. The van der Waals surface area contributed by atoms with E-state index >= 15 is 0 Å². The average Bonchev–Trinajstić information content (AvgIpc) is 2.74. The molecule has 5 nitrogen and oxygen atoms in total. The van der Waals surface area contributed by atoms with Gasteiger partial charge in [-0.25, -0.2) is 0 Å². The van der Waals surface area contributed by atoms with Gasteiger partial charge in [-0.15, -0.1) is 0 Å². The number of carbonyl (C=O) groups excluding carboxylic acids is 2. The molecule has 146 valence electrons. The van der Waals surface area contributed by atoms with Gasteiger partial charge in [0.2, 0.25) is 5.91 Å². The first kappa shape index (κ1) is 19.0. The zero-order chi connectivity index (χ0) is 20.4. The van der Waals surface area contributed by atoms with Gasteiger partial charge < -0.3 is 10.4 Å². The molecule has 2 N–H and O–H groups in total. The van der Waals surface area contributed by atoms with Gasteiger partial charge >= 0.3 is 0 Å². The number of halogens is 1. The van der Waals surface area contributed by atoms with Gasteiger partial charge in [-0.1, -0.05) is 41.9 Å². The van der Waals surface area contributed by atoms with Crippen LogP contribution in [0.4, 0.5) is 11.4 Å². The van der Waals surface area contributed by atoms with Crippen molar-refractivity contribution in [2.24, 2.45) is 0 Å². The summed E-state index contributed by atoms with van der Waals surface area (Å²) in [4.78, 5) is 28.0. The van der Waals surface area contributed by atoms with Crippen molar-refractivity contribution in [3.8, 4) is 5.75 Å². The van der Waals surface area contributed by atoms with Crippen molar-refractivity contribution in [2.45, 2.75) is 18.9 Å². The molecule has 1 aliphatic rings. The second kappa shape index (κ2) is 7.97. The van der Waals surface area contributed by atoms with Crippen LogP contribution in [-0.4, -0.2) is 23.0 Å². The predicted octanol–water partition coefficient (Wildman–Crippen LogP) is 4.65. The van der Waals surface area contributed by atoms with Crippen molar-refractivity contribution in [3.05, 3.63) is 88.9 Å². The monoisotopic (exact) mass is 406 g/mol. The van der Waals surface area contributed by atoms with E-state index in [9.17, 15) is 14.7 Å². The SMILES string of the molecule is O=C(Nc1ccccc1O)C1CCc2ccccc2N1C(=O)c1ccc(Cl)cc1. The Kier molecular flexibility index (Phi) is 5.23. The standard InChI is InChI=1S/C23H19ClN2O3/c24-17-12-9-16(10-13-17)23(29)26-19-7-3-1-5-15(19)11-14-20(26)22(28)25-18-6-2-4-8-21(18)27/h1-10,12-13,20,27H,11,14H2,(H,25,28). The summed E-state index contributed by atoms with van der Waals surface area (Å²) in [5, 5.41) is 13.3. The highest BCUT2D eigenvalue weighted by Gasteiger charge is 2.36. The number of nitrogens with zero attached hydrogens (tertiary/aromatic N) is 1. The maximum Gasteiger partial charge on any atom is 0.259 e. The molecule has 2 amide bonds. The quantitative estimate of drug-likeness (QED) is 0.622. The molecule has 0 bridgehead atoms. The van der Waals surface area contributed by atoms with E-state index < -0.39 is 6.04 Å². The van der Waals surface area contributed by atoms with Crippen LogP contribution >= 0.6 is 11.6 Å². The van der Waals surface area contributed by atoms with E-state index in [2.05, 4.69) is 5.32 Å². The van der Waals surface area contributed by atoms with Gasteiger partial charge in [-0.05, 0) is 60.9 Å². The molecule has 0 aromatic heterocycles. The van der Waals surface area contributed by atoms with Crippen molar-refractivity contribution in [1.82, 2.24) is 0 Å². The number of amides is 2. The number of aryl methyl sites for hydroxylation is 1. The smallest absolute Gasteiger partial charge is 0.259 e. The highest BCUT2D eigenvalue weighted by atomic mass is 35.5. The first-order valence-corrected chi connectivity index (χ1v) is 9.68. The van der Waals surface area contributed by atoms with Crippen LogP contribution in [0.1, 0.15) is 22.3 Å². The van der Waals surface area contributed by atoms with Crippen molar-refractivity contribution in [2.75, 3.05) is 10.2 Å². The van der Waals surface area contributed by atoms with Crippen molar-refractivity contribution in [3.63, 3.8) is 0 Å². The Bertz CT molecular complexity index is 1070. The first-order chi connectivity index (χ1) is 14.0. The van der Waals surface area contributed by atoms with Crippen LogP contribution in [0.25, 0.3) is 0 Å². The molecule has 0 saturated carbocycles. The molecule has 29 heavy (non-hydrogen) atoms. The molecular formula is C23H19ClN2O3. The molecule has 1 heterocycles.